The summed E-state index contributed by atoms with van der Waals surface area (Å²) in [5.41, 5.74) is 0. The van der Waals surface area contributed by atoms with Gasteiger partial charge in [0, 0.05) is 19.6 Å². The summed E-state index contributed by atoms with van der Waals surface area (Å²) in [7, 11) is 29.3. The summed E-state index contributed by atoms with van der Waals surface area (Å²) in [5, 5.41) is 0. The molecule has 152 valence electrons. The lowest BCUT2D eigenvalue weighted by molar-refractivity contribution is 1.27. The second kappa shape index (κ2) is 17.5. The van der Waals surface area contributed by atoms with E-state index in [1.54, 1.807) is 0 Å². The van der Waals surface area contributed by atoms with Crippen LogP contribution in [0.1, 0.15) is 0 Å². The Morgan fingerprint density at radius 2 is 0.500 bits per heavy atom. The Morgan fingerprint density at radius 3 is 0.750 bits per heavy atom. The molecule has 0 amide bonds. The summed E-state index contributed by atoms with van der Waals surface area (Å²) < 4.78 is 0. The molecule has 1 aliphatic rings. The zero-order chi connectivity index (χ0) is 19.3. The van der Waals surface area contributed by atoms with E-state index in [-0.39, 0.29) is 0 Å². The molecule has 28 heavy (non-hydrogen) atoms. The SMILES string of the molecule is c1ccc2c(c1)SSSSSSSSc1ccccc1SSSSSSSS2. The number of fused-ring (bicyclic) bond motifs is 2. The van der Waals surface area contributed by atoms with Crippen LogP contribution in [0.25, 0.3) is 0 Å². The summed E-state index contributed by atoms with van der Waals surface area (Å²) in [5.74, 6) is 0. The molecule has 0 saturated heterocycles. The van der Waals surface area contributed by atoms with Gasteiger partial charge in [0.15, 0.2) is 0 Å². The molecule has 0 saturated carbocycles. The van der Waals surface area contributed by atoms with Crippen LogP contribution in [0, 0.1) is 0 Å². The summed E-state index contributed by atoms with van der Waals surface area (Å²) in [6, 6.07) is 17.3. The lowest BCUT2D eigenvalue weighted by atomic mass is 10.4. The molecule has 0 nitrogen and oxygen atoms in total. The average Bonchev–Trinajstić information content (AvgIpc) is 2.73. The third kappa shape index (κ3) is 11.0. The van der Waals surface area contributed by atoms with E-state index < -0.39 is 0 Å². The third-order valence-electron chi connectivity index (χ3n) is 2.47. The molecule has 2 aromatic rings. The van der Waals surface area contributed by atoms with Crippen LogP contribution in [0.5, 0.6) is 0 Å². The summed E-state index contributed by atoms with van der Waals surface area (Å²) in [6.45, 7) is 0. The van der Waals surface area contributed by atoms with E-state index in [1.165, 1.54) is 19.6 Å². The molecule has 0 unspecified atom stereocenters. The van der Waals surface area contributed by atoms with Crippen molar-refractivity contribution in [1.29, 1.82) is 0 Å². The minimum Gasteiger partial charge on any atom is -0.0610 e. The van der Waals surface area contributed by atoms with Crippen LogP contribution >= 0.6 is 161 Å². The Kier molecular flexibility index (Phi) is 16.6. The van der Waals surface area contributed by atoms with Crippen molar-refractivity contribution in [3.63, 3.8) is 0 Å². The Hall–Kier alpha value is 4.04. The van der Waals surface area contributed by atoms with E-state index in [0.717, 1.165) is 0 Å². The Morgan fingerprint density at radius 1 is 0.286 bits per heavy atom. The highest BCUT2D eigenvalue weighted by molar-refractivity contribution is 9.49. The normalized spacial score (nSPS) is 18.6. The maximum absolute atomic E-state index is 2.21. The number of rotatable bonds is 0. The molecule has 0 radical (unpaired) electrons. The van der Waals surface area contributed by atoms with Gasteiger partial charge in [-0.1, -0.05) is 24.3 Å². The smallest absolute Gasteiger partial charge is 0.0336 e. The largest absolute Gasteiger partial charge is 0.0610 e. The van der Waals surface area contributed by atoms with Gasteiger partial charge < -0.3 is 0 Å². The number of hydrogen-bond donors (Lipinski definition) is 0. The van der Waals surface area contributed by atoms with Crippen LogP contribution in [0.2, 0.25) is 0 Å². The van der Waals surface area contributed by atoms with E-state index in [9.17, 15) is 0 Å². The molecular weight excluding hydrogens is 657 g/mol. The van der Waals surface area contributed by atoms with Gasteiger partial charge in [-0.25, -0.2) is 0 Å². The molecule has 2 aromatic carbocycles. The fourth-order valence-corrected chi connectivity index (χ4v) is 35.7. The Balaban J connectivity index is 1.51. The molecule has 0 N–H and O–H groups in total. The lowest BCUT2D eigenvalue weighted by Gasteiger charge is -2.07. The van der Waals surface area contributed by atoms with Gasteiger partial charge in [-0.15, -0.1) is 0 Å². The third-order valence-corrected chi connectivity index (χ3v) is 32.8. The molecule has 1 aliphatic heterocycles. The van der Waals surface area contributed by atoms with Crippen molar-refractivity contribution in [2.24, 2.45) is 0 Å². The maximum atomic E-state index is 2.21. The van der Waals surface area contributed by atoms with Crippen molar-refractivity contribution in [3.05, 3.63) is 48.5 Å². The van der Waals surface area contributed by atoms with E-state index >= 15 is 0 Å². The second-order valence-corrected chi connectivity index (χ2v) is 29.7. The topological polar surface area (TPSA) is 0 Å². The van der Waals surface area contributed by atoms with Crippen LogP contribution in [0.15, 0.2) is 68.1 Å². The van der Waals surface area contributed by atoms with Crippen molar-refractivity contribution in [1.82, 2.24) is 0 Å². The fourth-order valence-electron chi connectivity index (χ4n) is 1.47. The lowest BCUT2D eigenvalue weighted by Crippen LogP contribution is -1.72. The first kappa shape index (κ1) is 26.6. The first-order valence-corrected chi connectivity index (χ1v) is 27.1. The zero-order valence-corrected chi connectivity index (χ0v) is 26.2. The van der Waals surface area contributed by atoms with E-state index in [2.05, 4.69) is 48.5 Å². The van der Waals surface area contributed by atoms with Crippen LogP contribution in [0.3, 0.4) is 0 Å². The first-order chi connectivity index (χ1) is 13.9. The highest BCUT2D eigenvalue weighted by Gasteiger charge is 2.08. The van der Waals surface area contributed by atoms with Crippen LogP contribution in [-0.4, -0.2) is 0 Å². The Bertz CT molecular complexity index is 579. The van der Waals surface area contributed by atoms with Gasteiger partial charge in [-0.2, -0.15) is 0 Å². The first-order valence-electron chi connectivity index (χ1n) is 6.80. The highest BCUT2D eigenvalue weighted by atomic mass is 34.0. The van der Waals surface area contributed by atoms with Gasteiger partial charge >= 0.3 is 0 Å². The quantitative estimate of drug-likeness (QED) is 0.245. The van der Waals surface area contributed by atoms with Crippen molar-refractivity contribution >= 4 is 161 Å². The standard InChI is InChI=1S/C12H8S16/c1-2-6-10-9(5-1)13-17-21-25-27-23-19-15-11-7-3-4-8-12(11)16-20-24-28-26-22-18-14-10/h1-8H. The summed E-state index contributed by atoms with van der Waals surface area (Å²) in [6.07, 6.45) is 0. The van der Waals surface area contributed by atoms with Crippen LogP contribution in [0.4, 0.5) is 0 Å². The number of hydrogen-bond acceptors (Lipinski definition) is 16. The van der Waals surface area contributed by atoms with Gasteiger partial charge in [-0.05, 0) is 185 Å². The summed E-state index contributed by atoms with van der Waals surface area (Å²) >= 11 is 0. The van der Waals surface area contributed by atoms with Crippen LogP contribution in [-0.2, 0) is 0 Å². The predicted molar refractivity (Wildman–Crippen MR) is 167 cm³/mol. The Labute approximate surface area is 225 Å². The van der Waals surface area contributed by atoms with Crippen molar-refractivity contribution in [3.8, 4) is 0 Å². The van der Waals surface area contributed by atoms with Gasteiger partial charge in [0.05, 0.1) is 0 Å². The minimum absolute atomic E-state index is 1.34. The van der Waals surface area contributed by atoms with Gasteiger partial charge in [0.25, 0.3) is 0 Å². The molecule has 0 spiro atoms. The van der Waals surface area contributed by atoms with Gasteiger partial charge in [0.1, 0.15) is 0 Å². The van der Waals surface area contributed by atoms with Gasteiger partial charge in [-0.3, -0.25) is 0 Å². The zero-order valence-electron chi connectivity index (χ0n) is 13.2. The van der Waals surface area contributed by atoms with Crippen molar-refractivity contribution in [2.75, 3.05) is 0 Å². The molecule has 0 fully saturated rings. The second-order valence-electron chi connectivity index (χ2n) is 4.04. The molecule has 1 heterocycles. The number of benzene rings is 2. The maximum Gasteiger partial charge on any atom is 0.0336 e. The average molecular weight is 665 g/mol. The predicted octanol–water partition coefficient (Wildman–Crippen LogP) is 13.4. The van der Waals surface area contributed by atoms with Crippen molar-refractivity contribution in [2.45, 2.75) is 19.6 Å². The highest BCUT2D eigenvalue weighted by Crippen LogP contribution is 2.62. The molecule has 0 atom stereocenters. The molecular formula is C12H8S16. The molecule has 0 aromatic heterocycles. The molecule has 3 rings (SSSR count). The fraction of sp³-hybridized carbons (Fsp3) is 0. The van der Waals surface area contributed by atoms with Gasteiger partial charge in [0.2, 0.25) is 0 Å². The molecule has 0 bridgehead atoms. The van der Waals surface area contributed by atoms with E-state index in [4.69, 9.17) is 0 Å². The summed E-state index contributed by atoms with van der Waals surface area (Å²) in [4.78, 5) is 5.36. The van der Waals surface area contributed by atoms with Crippen LogP contribution < -0.4 is 0 Å². The monoisotopic (exact) mass is 664 g/mol. The van der Waals surface area contributed by atoms with Crippen molar-refractivity contribution < 1.29 is 0 Å². The minimum atomic E-state index is 1.34. The van der Waals surface area contributed by atoms with E-state index in [1.807, 2.05) is 161 Å². The molecule has 0 aliphatic carbocycles. The molecule has 16 heteroatoms. The van der Waals surface area contributed by atoms with E-state index in [0.29, 0.717) is 0 Å².